The van der Waals surface area contributed by atoms with Crippen molar-refractivity contribution in [2.75, 3.05) is 45.2 Å². The summed E-state index contributed by atoms with van der Waals surface area (Å²) in [5, 5.41) is 6.88. The van der Waals surface area contributed by atoms with Gasteiger partial charge in [0.1, 0.15) is 5.76 Å². The second-order valence-corrected chi connectivity index (χ2v) is 6.60. The molecular formula is C19H24N4O4. The van der Waals surface area contributed by atoms with E-state index >= 15 is 0 Å². The summed E-state index contributed by atoms with van der Waals surface area (Å²) >= 11 is 0. The molecular weight excluding hydrogens is 348 g/mol. The number of ether oxygens (including phenoxy) is 1. The fraction of sp³-hybridized carbons (Fsp3) is 0.421. The topological polar surface area (TPSA) is 87.9 Å². The maximum absolute atomic E-state index is 12.3. The van der Waals surface area contributed by atoms with Gasteiger partial charge < -0.3 is 14.6 Å². The molecule has 0 atom stereocenters. The van der Waals surface area contributed by atoms with Gasteiger partial charge in [-0.1, -0.05) is 5.16 Å². The first kappa shape index (κ1) is 19.1. The summed E-state index contributed by atoms with van der Waals surface area (Å²) in [5.74, 6) is 0.354. The highest BCUT2D eigenvalue weighted by atomic mass is 16.5. The van der Waals surface area contributed by atoms with E-state index in [2.05, 4.69) is 25.0 Å². The fourth-order valence-electron chi connectivity index (χ4n) is 3.04. The number of hydrogen-bond acceptors (Lipinski definition) is 7. The maximum Gasteiger partial charge on any atom is 0.337 e. The number of hydrogen-bond donors (Lipinski definition) is 1. The predicted octanol–water partition coefficient (Wildman–Crippen LogP) is 1.53. The Bertz CT molecular complexity index is 779. The number of nitrogens with one attached hydrogen (secondary N) is 1. The van der Waals surface area contributed by atoms with Crippen molar-refractivity contribution in [1.82, 2.24) is 15.0 Å². The van der Waals surface area contributed by atoms with E-state index in [-0.39, 0.29) is 5.91 Å². The second-order valence-electron chi connectivity index (χ2n) is 6.60. The van der Waals surface area contributed by atoms with Gasteiger partial charge in [-0.15, -0.1) is 0 Å². The highest BCUT2D eigenvalue weighted by molar-refractivity contribution is 5.93. The van der Waals surface area contributed by atoms with Crippen LogP contribution in [-0.2, 0) is 16.1 Å². The zero-order chi connectivity index (χ0) is 19.2. The lowest BCUT2D eigenvalue weighted by molar-refractivity contribution is -0.117. The largest absolute Gasteiger partial charge is 0.465 e. The summed E-state index contributed by atoms with van der Waals surface area (Å²) < 4.78 is 9.76. The monoisotopic (exact) mass is 372 g/mol. The van der Waals surface area contributed by atoms with Crippen LogP contribution in [0.15, 0.2) is 34.9 Å². The predicted molar refractivity (Wildman–Crippen MR) is 99.4 cm³/mol. The minimum atomic E-state index is -0.397. The molecule has 8 heteroatoms. The van der Waals surface area contributed by atoms with Crippen molar-refractivity contribution < 1.29 is 18.8 Å². The molecule has 0 radical (unpaired) electrons. The average molecular weight is 372 g/mol. The van der Waals surface area contributed by atoms with Crippen molar-refractivity contribution in [2.24, 2.45) is 0 Å². The van der Waals surface area contributed by atoms with Crippen LogP contribution >= 0.6 is 0 Å². The van der Waals surface area contributed by atoms with Crippen molar-refractivity contribution in [1.29, 1.82) is 0 Å². The molecule has 3 rings (SSSR count). The van der Waals surface area contributed by atoms with Crippen molar-refractivity contribution in [3.63, 3.8) is 0 Å². The Balaban J connectivity index is 1.42. The molecule has 0 bridgehead atoms. The summed E-state index contributed by atoms with van der Waals surface area (Å²) in [6.45, 7) is 6.41. The van der Waals surface area contributed by atoms with Gasteiger partial charge in [0.25, 0.3) is 0 Å². The average Bonchev–Trinajstić information content (AvgIpc) is 3.08. The zero-order valence-corrected chi connectivity index (χ0v) is 15.6. The van der Waals surface area contributed by atoms with Crippen molar-refractivity contribution >= 4 is 17.6 Å². The molecule has 27 heavy (non-hydrogen) atoms. The van der Waals surface area contributed by atoms with Gasteiger partial charge in [0.2, 0.25) is 5.91 Å². The molecule has 1 N–H and O–H groups in total. The number of esters is 1. The molecule has 1 fully saturated rings. The number of piperazine rings is 1. The Morgan fingerprint density at radius 1 is 1.15 bits per heavy atom. The molecule has 1 aromatic heterocycles. The first-order valence-corrected chi connectivity index (χ1v) is 8.88. The SMILES string of the molecule is COC(=O)c1ccc(NC(=O)CN2CCN(Cc3cc(C)on3)CC2)cc1. The van der Waals surface area contributed by atoms with Gasteiger partial charge >= 0.3 is 5.97 Å². The van der Waals surface area contributed by atoms with E-state index in [9.17, 15) is 9.59 Å². The van der Waals surface area contributed by atoms with Gasteiger partial charge in [-0.2, -0.15) is 0 Å². The quantitative estimate of drug-likeness (QED) is 0.769. The van der Waals surface area contributed by atoms with Crippen LogP contribution in [0.3, 0.4) is 0 Å². The van der Waals surface area contributed by atoms with E-state index in [1.807, 2.05) is 13.0 Å². The first-order valence-electron chi connectivity index (χ1n) is 8.88. The van der Waals surface area contributed by atoms with Crippen LogP contribution in [0.5, 0.6) is 0 Å². The highest BCUT2D eigenvalue weighted by Crippen LogP contribution is 2.12. The Labute approximate surface area is 158 Å². The van der Waals surface area contributed by atoms with Gasteiger partial charge in [0, 0.05) is 44.5 Å². The Hall–Kier alpha value is -2.71. The molecule has 1 aliphatic rings. The number of nitrogens with zero attached hydrogens (tertiary/aromatic N) is 3. The standard InChI is InChI=1S/C19H24N4O4/c1-14-11-17(21-27-14)12-22-7-9-23(10-8-22)13-18(24)20-16-5-3-15(4-6-16)19(25)26-2/h3-6,11H,7-10,12-13H2,1-2H3,(H,20,24). The van der Waals surface area contributed by atoms with Gasteiger partial charge in [-0.3, -0.25) is 14.6 Å². The minimum absolute atomic E-state index is 0.0682. The number of methoxy groups -OCH3 is 1. The molecule has 0 saturated carbocycles. The molecule has 0 aliphatic carbocycles. The number of carbonyl (C=O) groups is 2. The van der Waals surface area contributed by atoms with Crippen LogP contribution in [0.2, 0.25) is 0 Å². The van der Waals surface area contributed by atoms with Gasteiger partial charge in [-0.25, -0.2) is 4.79 Å². The van der Waals surface area contributed by atoms with Crippen LogP contribution in [0.1, 0.15) is 21.8 Å². The van der Waals surface area contributed by atoms with E-state index in [1.165, 1.54) is 7.11 Å². The van der Waals surface area contributed by atoms with Gasteiger partial charge in [-0.05, 0) is 31.2 Å². The second kappa shape index (κ2) is 8.79. The zero-order valence-electron chi connectivity index (χ0n) is 15.6. The third-order valence-corrected chi connectivity index (χ3v) is 4.48. The minimum Gasteiger partial charge on any atom is -0.465 e. The van der Waals surface area contributed by atoms with Crippen LogP contribution in [0.25, 0.3) is 0 Å². The number of benzene rings is 1. The Kier molecular flexibility index (Phi) is 6.20. The molecule has 2 heterocycles. The summed E-state index contributed by atoms with van der Waals surface area (Å²) in [7, 11) is 1.34. The molecule has 0 unspecified atom stereocenters. The summed E-state index contributed by atoms with van der Waals surface area (Å²) in [6.07, 6.45) is 0. The summed E-state index contributed by atoms with van der Waals surface area (Å²) in [4.78, 5) is 28.1. The van der Waals surface area contributed by atoms with E-state index in [1.54, 1.807) is 24.3 Å². The molecule has 1 aliphatic heterocycles. The van der Waals surface area contributed by atoms with E-state index in [0.717, 1.165) is 44.2 Å². The molecule has 8 nitrogen and oxygen atoms in total. The lowest BCUT2D eigenvalue weighted by Crippen LogP contribution is -2.48. The number of carbonyl (C=O) groups excluding carboxylic acids is 2. The van der Waals surface area contributed by atoms with Crippen LogP contribution in [0.4, 0.5) is 5.69 Å². The number of aryl methyl sites for hydroxylation is 1. The molecule has 144 valence electrons. The van der Waals surface area contributed by atoms with E-state index in [0.29, 0.717) is 17.8 Å². The van der Waals surface area contributed by atoms with Crippen molar-refractivity contribution in [3.05, 3.63) is 47.3 Å². The lowest BCUT2D eigenvalue weighted by atomic mass is 10.2. The van der Waals surface area contributed by atoms with Crippen molar-refractivity contribution in [3.8, 4) is 0 Å². The lowest BCUT2D eigenvalue weighted by Gasteiger charge is -2.33. The third-order valence-electron chi connectivity index (χ3n) is 4.48. The molecule has 1 amide bonds. The number of rotatable bonds is 6. The van der Waals surface area contributed by atoms with E-state index in [4.69, 9.17) is 4.52 Å². The maximum atomic E-state index is 12.3. The highest BCUT2D eigenvalue weighted by Gasteiger charge is 2.20. The first-order chi connectivity index (χ1) is 13.0. The van der Waals surface area contributed by atoms with E-state index < -0.39 is 5.97 Å². The Morgan fingerprint density at radius 3 is 2.41 bits per heavy atom. The summed E-state index contributed by atoms with van der Waals surface area (Å²) in [5.41, 5.74) is 2.05. The Morgan fingerprint density at radius 2 is 1.81 bits per heavy atom. The number of anilines is 1. The van der Waals surface area contributed by atoms with Gasteiger partial charge in [0.15, 0.2) is 0 Å². The number of amides is 1. The van der Waals surface area contributed by atoms with Gasteiger partial charge in [0.05, 0.1) is 24.9 Å². The van der Waals surface area contributed by atoms with Crippen LogP contribution < -0.4 is 5.32 Å². The molecule has 1 saturated heterocycles. The number of aromatic nitrogens is 1. The van der Waals surface area contributed by atoms with Crippen LogP contribution in [0, 0.1) is 6.92 Å². The summed E-state index contributed by atoms with van der Waals surface area (Å²) in [6, 6.07) is 8.60. The molecule has 2 aromatic rings. The van der Waals surface area contributed by atoms with Crippen LogP contribution in [-0.4, -0.2) is 66.7 Å². The third kappa shape index (κ3) is 5.38. The normalized spacial score (nSPS) is 15.5. The fourth-order valence-corrected chi connectivity index (χ4v) is 3.04. The smallest absolute Gasteiger partial charge is 0.337 e. The molecule has 0 spiro atoms. The van der Waals surface area contributed by atoms with Crippen molar-refractivity contribution in [2.45, 2.75) is 13.5 Å². The molecule has 1 aromatic carbocycles.